The Hall–Kier alpha value is -2.09. The molecule has 1 amide bonds. The average molecular weight is 425 g/mol. The third kappa shape index (κ3) is 5.70. The van der Waals surface area contributed by atoms with Gasteiger partial charge in [-0.25, -0.2) is 13.1 Å². The highest BCUT2D eigenvalue weighted by atomic mass is 35.5. The van der Waals surface area contributed by atoms with Crippen molar-refractivity contribution >= 4 is 33.2 Å². The number of para-hydroxylation sites is 1. The van der Waals surface area contributed by atoms with Crippen LogP contribution in [0.2, 0.25) is 5.02 Å². The summed E-state index contributed by atoms with van der Waals surface area (Å²) in [6.07, 6.45) is 1.48. The number of ether oxygens (including phenoxy) is 1. The molecule has 0 heterocycles. The Morgan fingerprint density at radius 2 is 1.93 bits per heavy atom. The molecule has 6 nitrogen and oxygen atoms in total. The van der Waals surface area contributed by atoms with Crippen molar-refractivity contribution in [2.24, 2.45) is 0 Å². The fourth-order valence-corrected chi connectivity index (χ4v) is 4.07. The number of carbonyl (C=O) groups is 1. The first-order chi connectivity index (χ1) is 13.3. The lowest BCUT2D eigenvalue weighted by Gasteiger charge is -2.14. The maximum absolute atomic E-state index is 12.3. The first-order valence-corrected chi connectivity index (χ1v) is 10.9. The molecule has 0 saturated carbocycles. The van der Waals surface area contributed by atoms with E-state index in [-0.39, 0.29) is 28.2 Å². The Balaban J connectivity index is 2.04. The molecule has 152 valence electrons. The van der Waals surface area contributed by atoms with E-state index >= 15 is 0 Å². The van der Waals surface area contributed by atoms with Gasteiger partial charge >= 0.3 is 0 Å². The molecule has 0 spiro atoms. The van der Waals surface area contributed by atoms with Gasteiger partial charge < -0.3 is 10.1 Å². The van der Waals surface area contributed by atoms with E-state index in [9.17, 15) is 13.2 Å². The van der Waals surface area contributed by atoms with Crippen molar-refractivity contribution in [3.63, 3.8) is 0 Å². The van der Waals surface area contributed by atoms with E-state index < -0.39 is 10.0 Å². The Bertz CT molecular complexity index is 945. The highest BCUT2D eigenvalue weighted by Gasteiger charge is 2.16. The van der Waals surface area contributed by atoms with Gasteiger partial charge in [0.15, 0.2) is 6.61 Å². The number of carbonyl (C=O) groups excluding carboxylic acids is 1. The van der Waals surface area contributed by atoms with Crippen LogP contribution in [0.4, 0.5) is 5.69 Å². The van der Waals surface area contributed by atoms with Gasteiger partial charge in [0.2, 0.25) is 10.0 Å². The second-order valence-corrected chi connectivity index (χ2v) is 8.46. The van der Waals surface area contributed by atoms with Crippen LogP contribution in [0.1, 0.15) is 31.4 Å². The molecular formula is C20H25ClN2O4S. The number of hydrogen-bond acceptors (Lipinski definition) is 4. The molecule has 0 aliphatic carbocycles. The quantitative estimate of drug-likeness (QED) is 0.639. The Morgan fingerprint density at radius 1 is 1.18 bits per heavy atom. The first-order valence-electron chi connectivity index (χ1n) is 9.08. The number of anilines is 1. The average Bonchev–Trinajstić information content (AvgIpc) is 2.67. The molecule has 28 heavy (non-hydrogen) atoms. The standard InChI is InChI=1S/C20H25ClN2O4S/c1-4-11-22-28(25,26)16-9-10-18(17(21)12-16)27-13-19(24)23-20-14(3)7-6-8-15(20)5-2/h6-10,12,22H,4-5,11,13H2,1-3H3,(H,23,24). The summed E-state index contributed by atoms with van der Waals surface area (Å²) < 4.78 is 32.2. The largest absolute Gasteiger partial charge is 0.482 e. The number of hydrogen-bond donors (Lipinski definition) is 2. The number of aryl methyl sites for hydroxylation is 2. The van der Waals surface area contributed by atoms with Gasteiger partial charge in [-0.3, -0.25) is 4.79 Å². The van der Waals surface area contributed by atoms with Gasteiger partial charge in [0.05, 0.1) is 9.92 Å². The van der Waals surface area contributed by atoms with Gasteiger partial charge in [-0.1, -0.05) is 43.6 Å². The lowest BCUT2D eigenvalue weighted by molar-refractivity contribution is -0.118. The monoisotopic (exact) mass is 424 g/mol. The van der Waals surface area contributed by atoms with Crippen molar-refractivity contribution in [1.29, 1.82) is 0 Å². The number of sulfonamides is 1. The van der Waals surface area contributed by atoms with Crippen molar-refractivity contribution in [3.05, 3.63) is 52.5 Å². The van der Waals surface area contributed by atoms with Crippen LogP contribution in [0.15, 0.2) is 41.3 Å². The molecule has 2 aromatic carbocycles. The summed E-state index contributed by atoms with van der Waals surface area (Å²) >= 11 is 6.14. The maximum atomic E-state index is 12.3. The summed E-state index contributed by atoms with van der Waals surface area (Å²) in [5.41, 5.74) is 2.80. The number of halogens is 1. The molecule has 0 atom stereocenters. The minimum atomic E-state index is -3.62. The molecule has 0 aliphatic rings. The van der Waals surface area contributed by atoms with E-state index in [1.54, 1.807) is 0 Å². The van der Waals surface area contributed by atoms with E-state index in [0.29, 0.717) is 13.0 Å². The summed E-state index contributed by atoms with van der Waals surface area (Å²) in [5.74, 6) is -0.0758. The molecule has 0 bridgehead atoms. The minimum absolute atomic E-state index is 0.0512. The summed E-state index contributed by atoms with van der Waals surface area (Å²) in [4.78, 5) is 12.3. The van der Waals surface area contributed by atoms with Crippen LogP contribution in [-0.4, -0.2) is 27.5 Å². The zero-order valence-corrected chi connectivity index (χ0v) is 17.8. The van der Waals surface area contributed by atoms with Crippen molar-refractivity contribution in [3.8, 4) is 5.75 Å². The SMILES string of the molecule is CCCNS(=O)(=O)c1ccc(OCC(=O)Nc2c(C)cccc2CC)c(Cl)c1. The third-order valence-electron chi connectivity index (χ3n) is 4.12. The minimum Gasteiger partial charge on any atom is -0.482 e. The number of benzene rings is 2. The zero-order valence-electron chi connectivity index (χ0n) is 16.2. The number of nitrogens with one attached hydrogen (secondary N) is 2. The zero-order chi connectivity index (χ0) is 20.7. The van der Waals surface area contributed by atoms with Gasteiger partial charge in [-0.05, 0) is 49.1 Å². The van der Waals surface area contributed by atoms with Crippen LogP contribution in [0, 0.1) is 6.92 Å². The predicted octanol–water partition coefficient (Wildman–Crippen LogP) is 3.92. The van der Waals surface area contributed by atoms with Crippen LogP contribution in [0.3, 0.4) is 0 Å². The lowest BCUT2D eigenvalue weighted by Crippen LogP contribution is -2.24. The molecular weight excluding hydrogens is 400 g/mol. The second kappa shape index (κ2) is 9.91. The van der Waals surface area contributed by atoms with E-state index in [1.807, 2.05) is 39.0 Å². The topological polar surface area (TPSA) is 84.5 Å². The van der Waals surface area contributed by atoms with Crippen molar-refractivity contribution in [2.75, 3.05) is 18.5 Å². The van der Waals surface area contributed by atoms with Gasteiger partial charge in [0.25, 0.3) is 5.91 Å². The van der Waals surface area contributed by atoms with Crippen LogP contribution in [0.5, 0.6) is 5.75 Å². The van der Waals surface area contributed by atoms with Gasteiger partial charge in [0, 0.05) is 12.2 Å². The van der Waals surface area contributed by atoms with Gasteiger partial charge in [-0.15, -0.1) is 0 Å². The normalized spacial score (nSPS) is 11.3. The van der Waals surface area contributed by atoms with Crippen molar-refractivity contribution < 1.29 is 17.9 Å². The molecule has 0 fully saturated rings. The molecule has 8 heteroatoms. The lowest BCUT2D eigenvalue weighted by atomic mass is 10.1. The summed E-state index contributed by atoms with van der Waals surface area (Å²) in [6.45, 7) is 5.93. The molecule has 0 saturated heterocycles. The summed E-state index contributed by atoms with van der Waals surface area (Å²) in [5, 5.41) is 2.99. The fourth-order valence-electron chi connectivity index (χ4n) is 2.61. The smallest absolute Gasteiger partial charge is 0.262 e. The second-order valence-electron chi connectivity index (χ2n) is 6.29. The molecule has 0 radical (unpaired) electrons. The highest BCUT2D eigenvalue weighted by Crippen LogP contribution is 2.27. The van der Waals surface area contributed by atoms with Crippen LogP contribution in [0.25, 0.3) is 0 Å². The highest BCUT2D eigenvalue weighted by molar-refractivity contribution is 7.89. The summed E-state index contributed by atoms with van der Waals surface area (Å²) in [7, 11) is -3.62. The molecule has 2 aromatic rings. The summed E-state index contributed by atoms with van der Waals surface area (Å²) in [6, 6.07) is 9.99. The molecule has 2 N–H and O–H groups in total. The van der Waals surface area contributed by atoms with E-state index in [1.165, 1.54) is 18.2 Å². The maximum Gasteiger partial charge on any atom is 0.262 e. The van der Waals surface area contributed by atoms with Crippen LogP contribution in [-0.2, 0) is 21.2 Å². The molecule has 0 aliphatic heterocycles. The third-order valence-corrected chi connectivity index (χ3v) is 5.87. The first kappa shape index (κ1) is 22.2. The van der Waals surface area contributed by atoms with E-state index in [2.05, 4.69) is 10.0 Å². The van der Waals surface area contributed by atoms with E-state index in [4.69, 9.17) is 16.3 Å². The Labute approximate surface area is 171 Å². The van der Waals surface area contributed by atoms with E-state index in [0.717, 1.165) is 23.2 Å². The number of rotatable bonds is 9. The van der Waals surface area contributed by atoms with Crippen molar-refractivity contribution in [2.45, 2.75) is 38.5 Å². The Kier molecular flexibility index (Phi) is 7.86. The molecule has 0 unspecified atom stereocenters. The van der Waals surface area contributed by atoms with Gasteiger partial charge in [-0.2, -0.15) is 0 Å². The molecule has 0 aromatic heterocycles. The number of amides is 1. The van der Waals surface area contributed by atoms with Crippen molar-refractivity contribution in [1.82, 2.24) is 4.72 Å². The molecule has 2 rings (SSSR count). The fraction of sp³-hybridized carbons (Fsp3) is 0.350. The van der Waals surface area contributed by atoms with Gasteiger partial charge in [0.1, 0.15) is 5.75 Å². The van der Waals surface area contributed by atoms with Crippen LogP contribution >= 0.6 is 11.6 Å². The van der Waals surface area contributed by atoms with Crippen LogP contribution < -0.4 is 14.8 Å². The Morgan fingerprint density at radius 3 is 2.57 bits per heavy atom. The predicted molar refractivity (Wildman–Crippen MR) is 112 cm³/mol.